The number of benzene rings is 2. The van der Waals surface area contributed by atoms with Gasteiger partial charge in [-0.2, -0.15) is 5.10 Å². The fourth-order valence-corrected chi connectivity index (χ4v) is 4.53. The van der Waals surface area contributed by atoms with E-state index in [1.165, 1.54) is 12.1 Å². The van der Waals surface area contributed by atoms with Crippen molar-refractivity contribution in [3.8, 4) is 11.4 Å². The molecule has 1 N–H and O–H groups in total. The summed E-state index contributed by atoms with van der Waals surface area (Å²) in [7, 11) is 3.52. The number of halogens is 1. The SMILES string of the molecule is COc1ccc(C(NC(=O)c2nn(-c3ccc(F)cc3)c3c2CCCC3)c2nccn2C)cc1. The third-order valence-corrected chi connectivity index (χ3v) is 6.31. The van der Waals surface area contributed by atoms with Gasteiger partial charge in [-0.15, -0.1) is 0 Å². The number of imidazole rings is 1. The molecule has 2 aromatic heterocycles. The maximum absolute atomic E-state index is 13.6. The summed E-state index contributed by atoms with van der Waals surface area (Å²) in [5.74, 6) is 0.883. The number of carbonyl (C=O) groups excluding carboxylic acids is 1. The molecule has 174 valence electrons. The lowest BCUT2D eigenvalue weighted by atomic mass is 9.95. The first-order chi connectivity index (χ1) is 16.5. The van der Waals surface area contributed by atoms with Crippen molar-refractivity contribution in [2.75, 3.05) is 7.11 Å². The van der Waals surface area contributed by atoms with Crippen molar-refractivity contribution in [1.29, 1.82) is 0 Å². The molecule has 2 heterocycles. The monoisotopic (exact) mass is 459 g/mol. The molecule has 0 bridgehead atoms. The predicted molar refractivity (Wildman–Crippen MR) is 126 cm³/mol. The minimum absolute atomic E-state index is 0.261. The highest BCUT2D eigenvalue weighted by molar-refractivity contribution is 5.94. The van der Waals surface area contributed by atoms with Gasteiger partial charge in [-0.05, 0) is 67.6 Å². The summed E-state index contributed by atoms with van der Waals surface area (Å²) in [4.78, 5) is 18.1. The van der Waals surface area contributed by atoms with Gasteiger partial charge in [0.1, 0.15) is 23.4 Å². The standard InChI is InChI=1S/C26H26FN5O2/c1-31-16-15-28-25(31)23(17-7-13-20(34-2)14-8-17)29-26(33)24-21-5-3-4-6-22(21)32(30-24)19-11-9-18(27)10-12-19/h7-16,23H,3-6H2,1-2H3,(H,29,33). The van der Waals surface area contributed by atoms with E-state index in [1.807, 2.05) is 42.1 Å². The lowest BCUT2D eigenvalue weighted by molar-refractivity contribution is 0.0934. The van der Waals surface area contributed by atoms with Gasteiger partial charge < -0.3 is 14.6 Å². The second-order valence-corrected chi connectivity index (χ2v) is 8.45. The minimum atomic E-state index is -0.464. The highest BCUT2D eigenvalue weighted by Crippen LogP contribution is 2.29. The molecule has 2 aromatic carbocycles. The molecule has 8 heteroatoms. The second-order valence-electron chi connectivity index (χ2n) is 8.45. The Kier molecular flexibility index (Phi) is 5.88. The Morgan fingerprint density at radius 1 is 1.09 bits per heavy atom. The summed E-state index contributed by atoms with van der Waals surface area (Å²) in [6.07, 6.45) is 7.21. The summed E-state index contributed by atoms with van der Waals surface area (Å²) in [5, 5.41) is 7.86. The first kappa shape index (κ1) is 21.9. The number of carbonyl (C=O) groups is 1. The largest absolute Gasteiger partial charge is 0.497 e. The Morgan fingerprint density at radius 3 is 2.50 bits per heavy atom. The zero-order valence-electron chi connectivity index (χ0n) is 19.2. The Bertz CT molecular complexity index is 1310. The number of aromatic nitrogens is 4. The van der Waals surface area contributed by atoms with E-state index in [2.05, 4.69) is 10.3 Å². The van der Waals surface area contributed by atoms with Crippen molar-refractivity contribution in [2.45, 2.75) is 31.7 Å². The highest BCUT2D eigenvalue weighted by atomic mass is 19.1. The van der Waals surface area contributed by atoms with Gasteiger partial charge in [0.25, 0.3) is 5.91 Å². The summed E-state index contributed by atoms with van der Waals surface area (Å²) >= 11 is 0. The quantitative estimate of drug-likeness (QED) is 0.470. The molecule has 0 saturated carbocycles. The molecule has 0 fully saturated rings. The Balaban J connectivity index is 1.52. The third kappa shape index (κ3) is 4.07. The van der Waals surface area contributed by atoms with Crippen molar-refractivity contribution in [3.63, 3.8) is 0 Å². The van der Waals surface area contributed by atoms with E-state index in [-0.39, 0.29) is 11.7 Å². The number of hydrogen-bond acceptors (Lipinski definition) is 4. The molecular formula is C26H26FN5O2. The molecule has 1 aliphatic rings. The van der Waals surface area contributed by atoms with Crippen molar-refractivity contribution < 1.29 is 13.9 Å². The van der Waals surface area contributed by atoms with Gasteiger partial charge in [-0.3, -0.25) is 4.79 Å². The highest BCUT2D eigenvalue weighted by Gasteiger charge is 2.28. The summed E-state index contributed by atoms with van der Waals surface area (Å²) < 4.78 is 22.4. The number of amides is 1. The molecule has 5 rings (SSSR count). The maximum atomic E-state index is 13.6. The number of ether oxygens (including phenoxy) is 1. The molecule has 4 aromatic rings. The van der Waals surface area contributed by atoms with Crippen LogP contribution in [-0.2, 0) is 19.9 Å². The zero-order valence-corrected chi connectivity index (χ0v) is 19.2. The molecule has 0 aliphatic heterocycles. The number of methoxy groups -OCH3 is 1. The first-order valence-electron chi connectivity index (χ1n) is 11.3. The van der Waals surface area contributed by atoms with Gasteiger partial charge in [-0.1, -0.05) is 12.1 Å². The molecule has 1 aliphatic carbocycles. The van der Waals surface area contributed by atoms with Crippen LogP contribution in [0.4, 0.5) is 4.39 Å². The number of aryl methyl sites for hydroxylation is 1. The number of nitrogens with one attached hydrogen (secondary N) is 1. The Hall–Kier alpha value is -3.94. The van der Waals surface area contributed by atoms with Crippen LogP contribution in [-0.4, -0.2) is 32.3 Å². The summed E-state index contributed by atoms with van der Waals surface area (Å²) in [5.41, 5.74) is 4.01. The van der Waals surface area contributed by atoms with Crippen molar-refractivity contribution in [2.24, 2.45) is 7.05 Å². The smallest absolute Gasteiger partial charge is 0.272 e. The van der Waals surface area contributed by atoms with E-state index in [1.54, 1.807) is 30.1 Å². The van der Waals surface area contributed by atoms with Gasteiger partial charge >= 0.3 is 0 Å². The Labute approximate surface area is 197 Å². The van der Waals surface area contributed by atoms with Crippen LogP contribution >= 0.6 is 0 Å². The third-order valence-electron chi connectivity index (χ3n) is 6.31. The fourth-order valence-electron chi connectivity index (χ4n) is 4.53. The van der Waals surface area contributed by atoms with Crippen LogP contribution in [0.15, 0.2) is 60.9 Å². The van der Waals surface area contributed by atoms with E-state index < -0.39 is 6.04 Å². The van der Waals surface area contributed by atoms with Crippen LogP contribution in [0, 0.1) is 5.82 Å². The van der Waals surface area contributed by atoms with Crippen LogP contribution in [0.25, 0.3) is 5.69 Å². The molecular weight excluding hydrogens is 433 g/mol. The Morgan fingerprint density at radius 2 is 1.82 bits per heavy atom. The van der Waals surface area contributed by atoms with Crippen LogP contribution in [0.5, 0.6) is 5.75 Å². The van der Waals surface area contributed by atoms with Crippen molar-refractivity contribution in [1.82, 2.24) is 24.6 Å². The molecule has 0 spiro atoms. The van der Waals surface area contributed by atoms with Crippen LogP contribution in [0.1, 0.15) is 52.0 Å². The normalized spacial score (nSPS) is 13.9. The van der Waals surface area contributed by atoms with Crippen LogP contribution < -0.4 is 10.1 Å². The lowest BCUT2D eigenvalue weighted by Gasteiger charge is -2.19. The summed E-state index contributed by atoms with van der Waals surface area (Å²) in [6, 6.07) is 13.3. The first-order valence-corrected chi connectivity index (χ1v) is 11.3. The lowest BCUT2D eigenvalue weighted by Crippen LogP contribution is -2.32. The van der Waals surface area contributed by atoms with E-state index in [0.717, 1.165) is 53.9 Å². The zero-order chi connectivity index (χ0) is 23.7. The van der Waals surface area contributed by atoms with Crippen molar-refractivity contribution in [3.05, 3.63) is 95.1 Å². The van der Waals surface area contributed by atoms with Crippen LogP contribution in [0.3, 0.4) is 0 Å². The average Bonchev–Trinajstić information content (AvgIpc) is 3.47. The topological polar surface area (TPSA) is 74.0 Å². The van der Waals surface area contributed by atoms with E-state index in [0.29, 0.717) is 11.5 Å². The summed E-state index contributed by atoms with van der Waals surface area (Å²) in [6.45, 7) is 0. The van der Waals surface area contributed by atoms with E-state index in [4.69, 9.17) is 9.84 Å². The number of fused-ring (bicyclic) bond motifs is 1. The molecule has 1 unspecified atom stereocenters. The maximum Gasteiger partial charge on any atom is 0.272 e. The number of hydrogen-bond donors (Lipinski definition) is 1. The fraction of sp³-hybridized carbons (Fsp3) is 0.269. The number of nitrogens with zero attached hydrogens (tertiary/aromatic N) is 4. The molecule has 0 saturated heterocycles. The molecule has 1 atom stereocenters. The minimum Gasteiger partial charge on any atom is -0.497 e. The van der Waals surface area contributed by atoms with Gasteiger partial charge in [-0.25, -0.2) is 14.1 Å². The van der Waals surface area contributed by atoms with Gasteiger partial charge in [0.2, 0.25) is 0 Å². The van der Waals surface area contributed by atoms with E-state index >= 15 is 0 Å². The average molecular weight is 460 g/mol. The van der Waals surface area contributed by atoms with Gasteiger partial charge in [0, 0.05) is 30.7 Å². The second kappa shape index (κ2) is 9.13. The molecule has 7 nitrogen and oxygen atoms in total. The predicted octanol–water partition coefficient (Wildman–Crippen LogP) is 4.15. The molecule has 34 heavy (non-hydrogen) atoms. The molecule has 1 amide bonds. The van der Waals surface area contributed by atoms with E-state index in [9.17, 15) is 9.18 Å². The van der Waals surface area contributed by atoms with Crippen LogP contribution in [0.2, 0.25) is 0 Å². The van der Waals surface area contributed by atoms with Gasteiger partial charge in [0.05, 0.1) is 12.8 Å². The molecule has 0 radical (unpaired) electrons. The number of rotatable bonds is 6. The van der Waals surface area contributed by atoms with Crippen molar-refractivity contribution >= 4 is 5.91 Å². The van der Waals surface area contributed by atoms with Gasteiger partial charge in [0.15, 0.2) is 5.69 Å².